The zero-order valence-electron chi connectivity index (χ0n) is 19.9. The molecule has 0 aromatic heterocycles. The van der Waals surface area contributed by atoms with Gasteiger partial charge in [0.05, 0.1) is 5.60 Å². The predicted molar refractivity (Wildman–Crippen MR) is 123 cm³/mol. The molecule has 4 aliphatic carbocycles. The quantitative estimate of drug-likeness (QED) is 0.575. The van der Waals surface area contributed by atoms with Gasteiger partial charge in [-0.1, -0.05) is 13.8 Å². The lowest BCUT2D eigenvalue weighted by molar-refractivity contribution is -0.144. The fraction of sp³-hybridized carbons (Fsp3) is 0.750. The number of hydrogen-bond acceptors (Lipinski definition) is 4. The summed E-state index contributed by atoms with van der Waals surface area (Å²) in [5, 5.41) is 10.7. The Hall–Kier alpha value is -1.55. The minimum Gasteiger partial charge on any atom is -0.454 e. The molecule has 4 saturated carbocycles. The fourth-order valence-corrected chi connectivity index (χ4v) is 9.11. The van der Waals surface area contributed by atoms with Crippen LogP contribution in [-0.4, -0.2) is 23.3 Å². The van der Waals surface area contributed by atoms with Crippen molar-refractivity contribution >= 4 is 5.78 Å². The van der Waals surface area contributed by atoms with Gasteiger partial charge in [0.25, 0.3) is 0 Å². The van der Waals surface area contributed by atoms with E-state index < -0.39 is 5.60 Å². The standard InChI is InChI=1S/C28H38O4/c1-26(30)12-13-27(2)18(15-26)5-6-19-20-7-8-22(28(20,3)11-10-21(19)27)25(29)17-4-9-23-24(14-17)32-16-31-23/h4,9,14,18-22,30H,5-8,10-13,15-16H2,1-3H3/t18-,19-,20-,21-,22+,26+,27-,28-/m0/s1. The van der Waals surface area contributed by atoms with Crippen molar-refractivity contribution in [3.8, 4) is 11.5 Å². The highest BCUT2D eigenvalue weighted by Crippen LogP contribution is 2.68. The Kier molecular flexibility index (Phi) is 4.58. The van der Waals surface area contributed by atoms with E-state index in [9.17, 15) is 9.90 Å². The third-order valence-corrected chi connectivity index (χ3v) is 10.9. The van der Waals surface area contributed by atoms with Crippen LogP contribution in [0.25, 0.3) is 0 Å². The molecule has 8 atom stereocenters. The van der Waals surface area contributed by atoms with Crippen LogP contribution in [0.3, 0.4) is 0 Å². The molecular formula is C28H38O4. The molecule has 1 aliphatic heterocycles. The SMILES string of the molecule is C[C@@]1(O)CC[C@@]2(C)[C@@H](CC[C@@H]3[C@@H]2CC[C@]2(C)[C@@H](C(=O)c4ccc5c(c4)OCO5)CC[C@@H]32)C1. The van der Waals surface area contributed by atoms with Crippen LogP contribution in [0.1, 0.15) is 88.9 Å². The second kappa shape index (κ2) is 6.98. The van der Waals surface area contributed by atoms with E-state index in [4.69, 9.17) is 9.47 Å². The van der Waals surface area contributed by atoms with Gasteiger partial charge in [0.1, 0.15) is 0 Å². The topological polar surface area (TPSA) is 55.8 Å². The summed E-state index contributed by atoms with van der Waals surface area (Å²) < 4.78 is 11.0. The average Bonchev–Trinajstić information content (AvgIpc) is 3.37. The molecule has 1 aromatic rings. The van der Waals surface area contributed by atoms with Crippen LogP contribution in [0, 0.1) is 40.4 Å². The second-order valence-electron chi connectivity index (χ2n) is 12.5. The molecule has 1 aromatic carbocycles. The van der Waals surface area contributed by atoms with Crippen molar-refractivity contribution in [1.82, 2.24) is 0 Å². The van der Waals surface area contributed by atoms with Crippen LogP contribution in [0.15, 0.2) is 18.2 Å². The summed E-state index contributed by atoms with van der Waals surface area (Å²) >= 11 is 0. The Morgan fingerprint density at radius 3 is 2.53 bits per heavy atom. The van der Waals surface area contributed by atoms with Gasteiger partial charge in [-0.25, -0.2) is 0 Å². The van der Waals surface area contributed by atoms with Crippen molar-refractivity contribution in [2.45, 2.75) is 84.2 Å². The number of hydrogen-bond donors (Lipinski definition) is 1. The van der Waals surface area contributed by atoms with Gasteiger partial charge in [-0.15, -0.1) is 0 Å². The van der Waals surface area contributed by atoms with Crippen molar-refractivity contribution in [3.05, 3.63) is 23.8 Å². The van der Waals surface area contributed by atoms with Crippen LogP contribution in [0.4, 0.5) is 0 Å². The first-order valence-corrected chi connectivity index (χ1v) is 12.9. The molecule has 4 nitrogen and oxygen atoms in total. The number of ether oxygens (including phenoxy) is 2. The van der Waals surface area contributed by atoms with Crippen LogP contribution < -0.4 is 9.47 Å². The molecule has 0 bridgehead atoms. The third-order valence-electron chi connectivity index (χ3n) is 10.9. The van der Waals surface area contributed by atoms with Gasteiger partial charge in [-0.3, -0.25) is 4.79 Å². The number of rotatable bonds is 2. The Balaban J connectivity index is 1.25. The van der Waals surface area contributed by atoms with Crippen molar-refractivity contribution in [1.29, 1.82) is 0 Å². The molecule has 0 unspecified atom stereocenters. The predicted octanol–water partition coefficient (Wildman–Crippen LogP) is 6.01. The van der Waals surface area contributed by atoms with Crippen LogP contribution in [0.5, 0.6) is 11.5 Å². The summed E-state index contributed by atoms with van der Waals surface area (Å²) in [6.45, 7) is 7.25. The molecule has 1 N–H and O–H groups in total. The Morgan fingerprint density at radius 2 is 1.69 bits per heavy atom. The monoisotopic (exact) mass is 438 g/mol. The number of carbonyl (C=O) groups excluding carboxylic acids is 1. The third kappa shape index (κ3) is 2.94. The molecule has 0 amide bonds. The van der Waals surface area contributed by atoms with Crippen molar-refractivity contribution in [2.75, 3.05) is 6.79 Å². The lowest BCUT2D eigenvalue weighted by atomic mass is 9.44. The maximum atomic E-state index is 13.7. The highest BCUT2D eigenvalue weighted by atomic mass is 16.7. The first kappa shape index (κ1) is 21.0. The number of benzene rings is 1. The Labute approximate surface area is 192 Å². The lowest BCUT2D eigenvalue weighted by Gasteiger charge is -2.61. The Bertz CT molecular complexity index is 937. The van der Waals surface area contributed by atoms with Crippen LogP contribution >= 0.6 is 0 Å². The van der Waals surface area contributed by atoms with Gasteiger partial charge in [0.2, 0.25) is 6.79 Å². The van der Waals surface area contributed by atoms with Crippen molar-refractivity contribution in [3.63, 3.8) is 0 Å². The van der Waals surface area contributed by atoms with E-state index in [2.05, 4.69) is 13.8 Å². The van der Waals surface area contributed by atoms with Crippen LogP contribution in [-0.2, 0) is 0 Å². The highest BCUT2D eigenvalue weighted by molar-refractivity contribution is 5.99. The molecule has 0 spiro atoms. The summed E-state index contributed by atoms with van der Waals surface area (Å²) in [5.41, 5.74) is 0.785. The number of carbonyl (C=O) groups is 1. The zero-order valence-corrected chi connectivity index (χ0v) is 19.9. The molecule has 4 heteroatoms. The van der Waals surface area contributed by atoms with Gasteiger partial charge in [-0.2, -0.15) is 0 Å². The van der Waals surface area contributed by atoms with E-state index in [0.717, 1.165) is 48.8 Å². The van der Waals surface area contributed by atoms with E-state index in [1.165, 1.54) is 32.1 Å². The molecule has 4 fully saturated rings. The minimum absolute atomic E-state index is 0.109. The van der Waals surface area contributed by atoms with Gasteiger partial charge in [-0.05, 0) is 117 Å². The molecule has 174 valence electrons. The maximum Gasteiger partial charge on any atom is 0.231 e. The first-order chi connectivity index (χ1) is 15.2. The maximum absolute atomic E-state index is 13.7. The molecule has 0 radical (unpaired) electrons. The lowest BCUT2D eigenvalue weighted by Crippen LogP contribution is -2.55. The number of ketones is 1. The van der Waals surface area contributed by atoms with E-state index in [1.54, 1.807) is 0 Å². The van der Waals surface area contributed by atoms with E-state index >= 15 is 0 Å². The summed E-state index contributed by atoms with van der Waals surface area (Å²) in [5.74, 6) is 4.69. The van der Waals surface area contributed by atoms with E-state index in [1.807, 2.05) is 25.1 Å². The summed E-state index contributed by atoms with van der Waals surface area (Å²) in [6, 6.07) is 5.72. The second-order valence-corrected chi connectivity index (χ2v) is 12.5. The highest BCUT2D eigenvalue weighted by Gasteiger charge is 2.61. The largest absolute Gasteiger partial charge is 0.454 e. The number of Topliss-reactive ketones (excluding diaryl/α,β-unsaturated/α-hetero) is 1. The molecule has 0 saturated heterocycles. The molecule has 5 aliphatic rings. The number of fused-ring (bicyclic) bond motifs is 6. The molecule has 1 heterocycles. The smallest absolute Gasteiger partial charge is 0.231 e. The van der Waals surface area contributed by atoms with Crippen molar-refractivity contribution in [2.24, 2.45) is 40.4 Å². The average molecular weight is 439 g/mol. The number of aliphatic hydroxyl groups is 1. The van der Waals surface area contributed by atoms with Crippen molar-refractivity contribution < 1.29 is 19.4 Å². The fourth-order valence-electron chi connectivity index (χ4n) is 9.11. The van der Waals surface area contributed by atoms with Gasteiger partial charge in [0, 0.05) is 11.5 Å². The summed E-state index contributed by atoms with van der Waals surface area (Å²) in [7, 11) is 0. The first-order valence-electron chi connectivity index (χ1n) is 12.9. The summed E-state index contributed by atoms with van der Waals surface area (Å²) in [4.78, 5) is 13.7. The molecule has 6 rings (SSSR count). The van der Waals surface area contributed by atoms with Crippen LogP contribution in [0.2, 0.25) is 0 Å². The van der Waals surface area contributed by atoms with Gasteiger partial charge in [0.15, 0.2) is 17.3 Å². The van der Waals surface area contributed by atoms with Gasteiger partial charge >= 0.3 is 0 Å². The Morgan fingerprint density at radius 1 is 0.906 bits per heavy atom. The molecular weight excluding hydrogens is 400 g/mol. The van der Waals surface area contributed by atoms with Gasteiger partial charge < -0.3 is 14.6 Å². The summed E-state index contributed by atoms with van der Waals surface area (Å²) in [6.07, 6.45) is 10.2. The van der Waals surface area contributed by atoms with E-state index in [-0.39, 0.29) is 18.1 Å². The minimum atomic E-state index is -0.477. The molecule has 32 heavy (non-hydrogen) atoms. The van der Waals surface area contributed by atoms with E-state index in [0.29, 0.717) is 28.8 Å². The normalized spacial score (nSPS) is 46.8. The zero-order chi connectivity index (χ0) is 22.3.